The van der Waals surface area contributed by atoms with Crippen molar-refractivity contribution < 1.29 is 9.59 Å². The normalized spacial score (nSPS) is 11.9. The first-order chi connectivity index (χ1) is 10.1. The number of hydrogen-bond acceptors (Lipinski definition) is 5. The van der Waals surface area contributed by atoms with Crippen LogP contribution >= 0.6 is 11.3 Å². The maximum Gasteiger partial charge on any atom is 0.251 e. The summed E-state index contributed by atoms with van der Waals surface area (Å²) in [4.78, 5) is 29.6. The van der Waals surface area contributed by atoms with E-state index in [1.165, 1.54) is 11.3 Å². The Balaban J connectivity index is 2.10. The number of amides is 2. The van der Waals surface area contributed by atoms with E-state index in [0.717, 1.165) is 10.5 Å². The van der Waals surface area contributed by atoms with E-state index in [2.05, 4.69) is 4.98 Å². The second-order valence-corrected chi connectivity index (χ2v) is 5.41. The fraction of sp³-hybridized carbons (Fsp3) is 0.267. The molecule has 0 aliphatic carbocycles. The minimum absolute atomic E-state index is 0.236. The molecule has 0 aliphatic rings. The van der Waals surface area contributed by atoms with Crippen LogP contribution in [0.15, 0.2) is 41.2 Å². The lowest BCUT2D eigenvalue weighted by molar-refractivity contribution is -0.127. The molecule has 0 bridgehead atoms. The number of nitrogens with two attached hydrogens (primary N) is 1. The van der Waals surface area contributed by atoms with Gasteiger partial charge in [-0.1, -0.05) is 30.3 Å². The maximum atomic E-state index is 12.4. The standard InChI is InChI=1S/C15H17N3O2S/c1-11(16)15(20)18(13-9-21-10-17-13)14(19)8-7-12-5-3-2-4-6-12/h2-6,9-11H,7-8,16H2,1H3/t11-/m0/s1. The number of aryl methyl sites for hydroxylation is 1. The predicted octanol–water partition coefficient (Wildman–Crippen LogP) is 1.98. The van der Waals surface area contributed by atoms with E-state index in [0.29, 0.717) is 12.2 Å². The molecular formula is C15H17N3O2S. The summed E-state index contributed by atoms with van der Waals surface area (Å²) >= 11 is 1.33. The van der Waals surface area contributed by atoms with Crippen molar-refractivity contribution in [3.8, 4) is 0 Å². The predicted molar refractivity (Wildman–Crippen MR) is 83.0 cm³/mol. The van der Waals surface area contributed by atoms with E-state index in [1.54, 1.807) is 17.8 Å². The first kappa shape index (κ1) is 15.3. The molecule has 5 nitrogen and oxygen atoms in total. The Kier molecular flexibility index (Phi) is 5.19. The summed E-state index contributed by atoms with van der Waals surface area (Å²) in [7, 11) is 0. The van der Waals surface area contributed by atoms with Crippen LogP contribution in [0.2, 0.25) is 0 Å². The number of carbonyl (C=O) groups is 2. The third kappa shape index (κ3) is 3.96. The monoisotopic (exact) mass is 303 g/mol. The summed E-state index contributed by atoms with van der Waals surface area (Å²) in [6, 6.07) is 8.93. The van der Waals surface area contributed by atoms with Gasteiger partial charge in [-0.15, -0.1) is 11.3 Å². The highest BCUT2D eigenvalue weighted by atomic mass is 32.1. The van der Waals surface area contributed by atoms with Gasteiger partial charge in [-0.25, -0.2) is 9.88 Å². The Morgan fingerprint density at radius 2 is 2.05 bits per heavy atom. The fourth-order valence-corrected chi connectivity index (χ4v) is 2.41. The van der Waals surface area contributed by atoms with Crippen LogP contribution in [-0.2, 0) is 16.0 Å². The number of nitrogens with zero attached hydrogens (tertiary/aromatic N) is 2. The average Bonchev–Trinajstić information content (AvgIpc) is 3.00. The Morgan fingerprint density at radius 3 is 2.62 bits per heavy atom. The van der Waals surface area contributed by atoms with Gasteiger partial charge in [-0.3, -0.25) is 9.59 Å². The number of hydrogen-bond donors (Lipinski definition) is 1. The van der Waals surface area contributed by atoms with Crippen LogP contribution in [0.4, 0.5) is 5.82 Å². The van der Waals surface area contributed by atoms with Gasteiger partial charge in [-0.05, 0) is 18.9 Å². The van der Waals surface area contributed by atoms with Gasteiger partial charge in [0.05, 0.1) is 11.6 Å². The molecule has 0 unspecified atom stereocenters. The molecular weight excluding hydrogens is 286 g/mol. The van der Waals surface area contributed by atoms with Crippen molar-refractivity contribution in [2.75, 3.05) is 4.90 Å². The van der Waals surface area contributed by atoms with Crippen molar-refractivity contribution in [3.05, 3.63) is 46.8 Å². The molecule has 1 aromatic heterocycles. The van der Waals surface area contributed by atoms with Gasteiger partial charge in [0.2, 0.25) is 5.91 Å². The van der Waals surface area contributed by atoms with Gasteiger partial charge in [0.25, 0.3) is 5.91 Å². The van der Waals surface area contributed by atoms with Gasteiger partial charge < -0.3 is 5.73 Å². The maximum absolute atomic E-state index is 12.4. The molecule has 1 aromatic carbocycles. The fourth-order valence-electron chi connectivity index (χ4n) is 1.89. The zero-order valence-electron chi connectivity index (χ0n) is 11.7. The third-order valence-electron chi connectivity index (χ3n) is 2.98. The molecule has 2 N–H and O–H groups in total. The summed E-state index contributed by atoms with van der Waals surface area (Å²) in [6.07, 6.45) is 0.812. The number of anilines is 1. The van der Waals surface area contributed by atoms with Crippen molar-refractivity contribution in [1.82, 2.24) is 4.98 Å². The SMILES string of the molecule is C[C@H](N)C(=O)N(C(=O)CCc1ccccc1)c1cscn1. The molecule has 0 radical (unpaired) electrons. The summed E-state index contributed by atoms with van der Waals surface area (Å²) < 4.78 is 0. The Morgan fingerprint density at radius 1 is 1.33 bits per heavy atom. The first-order valence-electron chi connectivity index (χ1n) is 6.64. The van der Waals surface area contributed by atoms with Crippen LogP contribution in [0.25, 0.3) is 0 Å². The summed E-state index contributed by atoms with van der Waals surface area (Å²) in [5, 5.41) is 1.67. The topological polar surface area (TPSA) is 76.3 Å². The highest BCUT2D eigenvalue weighted by Gasteiger charge is 2.26. The molecule has 0 saturated heterocycles. The van der Waals surface area contributed by atoms with Crippen LogP contribution in [0.3, 0.4) is 0 Å². The average molecular weight is 303 g/mol. The third-order valence-corrected chi connectivity index (χ3v) is 3.55. The smallest absolute Gasteiger partial charge is 0.251 e. The Bertz CT molecular complexity index is 597. The lowest BCUT2D eigenvalue weighted by atomic mass is 10.1. The molecule has 0 fully saturated rings. The molecule has 0 aliphatic heterocycles. The van der Waals surface area contributed by atoms with Crippen molar-refractivity contribution in [2.24, 2.45) is 5.73 Å². The zero-order valence-corrected chi connectivity index (χ0v) is 12.5. The highest BCUT2D eigenvalue weighted by Crippen LogP contribution is 2.17. The van der Waals surface area contributed by atoms with E-state index < -0.39 is 11.9 Å². The minimum Gasteiger partial charge on any atom is -0.320 e. The summed E-state index contributed by atoms with van der Waals surface area (Å²) in [6.45, 7) is 1.56. The van der Waals surface area contributed by atoms with Crippen LogP contribution in [0, 0.1) is 0 Å². The van der Waals surface area contributed by atoms with Crippen molar-refractivity contribution in [3.63, 3.8) is 0 Å². The Labute approximate surface area is 127 Å². The Hall–Kier alpha value is -2.05. The number of benzene rings is 1. The largest absolute Gasteiger partial charge is 0.320 e. The van der Waals surface area contributed by atoms with Gasteiger partial charge >= 0.3 is 0 Å². The molecule has 110 valence electrons. The van der Waals surface area contributed by atoms with Gasteiger partial charge in [-0.2, -0.15) is 0 Å². The number of carbonyl (C=O) groups excluding carboxylic acids is 2. The zero-order chi connectivity index (χ0) is 15.2. The molecule has 2 amide bonds. The molecule has 0 saturated carbocycles. The van der Waals surface area contributed by atoms with E-state index in [4.69, 9.17) is 5.73 Å². The lowest BCUT2D eigenvalue weighted by Gasteiger charge is -2.20. The first-order valence-corrected chi connectivity index (χ1v) is 7.58. The number of aromatic nitrogens is 1. The van der Waals surface area contributed by atoms with E-state index in [9.17, 15) is 9.59 Å². The highest BCUT2D eigenvalue weighted by molar-refractivity contribution is 7.08. The van der Waals surface area contributed by atoms with E-state index >= 15 is 0 Å². The molecule has 1 heterocycles. The lowest BCUT2D eigenvalue weighted by Crippen LogP contribution is -2.46. The molecule has 0 spiro atoms. The quantitative estimate of drug-likeness (QED) is 0.916. The van der Waals surface area contributed by atoms with Crippen LogP contribution < -0.4 is 10.6 Å². The van der Waals surface area contributed by atoms with Crippen LogP contribution in [0.1, 0.15) is 18.9 Å². The van der Waals surface area contributed by atoms with Gasteiger partial charge in [0, 0.05) is 11.8 Å². The number of thiazole rings is 1. The minimum atomic E-state index is -0.743. The van der Waals surface area contributed by atoms with Crippen molar-refractivity contribution >= 4 is 29.0 Å². The summed E-state index contributed by atoms with van der Waals surface area (Å²) in [5.41, 5.74) is 8.26. The molecule has 2 aromatic rings. The van der Waals surface area contributed by atoms with Crippen molar-refractivity contribution in [1.29, 1.82) is 0 Å². The second-order valence-electron chi connectivity index (χ2n) is 4.69. The van der Waals surface area contributed by atoms with Crippen LogP contribution in [0.5, 0.6) is 0 Å². The van der Waals surface area contributed by atoms with E-state index in [-0.39, 0.29) is 12.3 Å². The van der Waals surface area contributed by atoms with Crippen LogP contribution in [-0.4, -0.2) is 22.8 Å². The second kappa shape index (κ2) is 7.10. The molecule has 1 atom stereocenters. The van der Waals surface area contributed by atoms with Gasteiger partial charge in [0.1, 0.15) is 0 Å². The van der Waals surface area contributed by atoms with Crippen molar-refractivity contribution in [2.45, 2.75) is 25.8 Å². The molecule has 2 rings (SSSR count). The molecule has 6 heteroatoms. The number of imide groups is 1. The summed E-state index contributed by atoms with van der Waals surface area (Å²) in [5.74, 6) is -0.369. The number of rotatable bonds is 5. The van der Waals surface area contributed by atoms with Gasteiger partial charge in [0.15, 0.2) is 5.82 Å². The van der Waals surface area contributed by atoms with E-state index in [1.807, 2.05) is 30.3 Å². The molecule has 21 heavy (non-hydrogen) atoms.